The second-order valence-corrected chi connectivity index (χ2v) is 6.98. The van der Waals surface area contributed by atoms with Crippen molar-refractivity contribution in [2.45, 2.75) is 58.0 Å². The largest absolute Gasteiger partial charge is 0.493 e. The summed E-state index contributed by atoms with van der Waals surface area (Å²) in [6.45, 7) is 8.20. The van der Waals surface area contributed by atoms with Gasteiger partial charge in [-0.05, 0) is 76.9 Å². The number of methoxy groups -OCH3 is 2. The summed E-state index contributed by atoms with van der Waals surface area (Å²) in [6.07, 6.45) is 6.36. The number of ether oxygens (including phenoxy) is 2. The van der Waals surface area contributed by atoms with Gasteiger partial charge in [0.2, 0.25) is 0 Å². The number of rotatable bonds is 9. The summed E-state index contributed by atoms with van der Waals surface area (Å²) < 4.78 is 10.7. The molecule has 1 saturated heterocycles. The summed E-state index contributed by atoms with van der Waals surface area (Å²) in [5.74, 6) is 1.60. The number of nitrogens with one attached hydrogen (secondary N) is 1. The topological polar surface area (TPSA) is 33.7 Å². The Labute approximate surface area is 147 Å². The summed E-state index contributed by atoms with van der Waals surface area (Å²) in [5.41, 5.74) is 1.28. The van der Waals surface area contributed by atoms with Gasteiger partial charge in [0.15, 0.2) is 11.5 Å². The van der Waals surface area contributed by atoms with Crippen molar-refractivity contribution < 1.29 is 9.47 Å². The van der Waals surface area contributed by atoms with E-state index in [0.717, 1.165) is 30.5 Å². The minimum atomic E-state index is 0.460. The van der Waals surface area contributed by atoms with E-state index in [0.29, 0.717) is 6.04 Å². The van der Waals surface area contributed by atoms with Crippen LogP contribution >= 0.6 is 0 Å². The van der Waals surface area contributed by atoms with Gasteiger partial charge in [-0.25, -0.2) is 0 Å². The summed E-state index contributed by atoms with van der Waals surface area (Å²) in [7, 11) is 3.36. The Balaban J connectivity index is 1.70. The molecule has 1 aliphatic heterocycles. The quantitative estimate of drug-likeness (QED) is 0.701. The zero-order valence-electron chi connectivity index (χ0n) is 15.8. The molecule has 2 atom stereocenters. The Morgan fingerprint density at radius 1 is 1.21 bits per heavy atom. The maximum Gasteiger partial charge on any atom is 0.160 e. The number of hydrogen-bond donors (Lipinski definition) is 1. The van der Waals surface area contributed by atoms with Gasteiger partial charge in [0.1, 0.15) is 0 Å². The van der Waals surface area contributed by atoms with Crippen LogP contribution in [-0.2, 0) is 6.42 Å². The van der Waals surface area contributed by atoms with Crippen LogP contribution in [0.25, 0.3) is 0 Å². The third kappa shape index (κ3) is 5.67. The van der Waals surface area contributed by atoms with E-state index in [4.69, 9.17) is 9.47 Å². The zero-order chi connectivity index (χ0) is 17.4. The first kappa shape index (κ1) is 19.1. The molecule has 1 fully saturated rings. The van der Waals surface area contributed by atoms with Gasteiger partial charge in [-0.15, -0.1) is 0 Å². The number of nitrogens with zero attached hydrogens (tertiary/aromatic N) is 1. The van der Waals surface area contributed by atoms with Crippen LogP contribution in [0.2, 0.25) is 0 Å². The highest BCUT2D eigenvalue weighted by molar-refractivity contribution is 5.43. The first-order chi connectivity index (χ1) is 11.6. The monoisotopic (exact) mass is 334 g/mol. The molecule has 0 spiro atoms. The molecule has 4 heteroatoms. The number of hydrogen-bond acceptors (Lipinski definition) is 4. The number of piperidine rings is 1. The number of likely N-dealkylation sites (tertiary alicyclic amines) is 1. The Hall–Kier alpha value is -1.26. The fourth-order valence-electron chi connectivity index (χ4n) is 3.55. The van der Waals surface area contributed by atoms with E-state index in [1.807, 2.05) is 6.07 Å². The van der Waals surface area contributed by atoms with Crippen LogP contribution in [0.1, 0.15) is 45.1 Å². The minimum Gasteiger partial charge on any atom is -0.493 e. The molecule has 1 heterocycles. The van der Waals surface area contributed by atoms with Crippen molar-refractivity contribution in [3.63, 3.8) is 0 Å². The molecule has 136 valence electrons. The fraction of sp³-hybridized carbons (Fsp3) is 0.700. The first-order valence-corrected chi connectivity index (χ1v) is 9.32. The predicted molar refractivity (Wildman–Crippen MR) is 100 cm³/mol. The highest BCUT2D eigenvalue weighted by Crippen LogP contribution is 2.27. The summed E-state index contributed by atoms with van der Waals surface area (Å²) in [4.78, 5) is 2.64. The molecule has 0 amide bonds. The van der Waals surface area contributed by atoms with Crippen molar-refractivity contribution >= 4 is 0 Å². The highest BCUT2D eigenvalue weighted by Gasteiger charge is 2.17. The molecular weight excluding hydrogens is 300 g/mol. The van der Waals surface area contributed by atoms with E-state index in [1.165, 1.54) is 44.3 Å². The molecular formula is C20H34N2O2. The van der Waals surface area contributed by atoms with Crippen LogP contribution in [0.3, 0.4) is 0 Å². The Morgan fingerprint density at radius 2 is 2.00 bits per heavy atom. The molecule has 1 aromatic rings. The lowest BCUT2D eigenvalue weighted by molar-refractivity contribution is 0.158. The molecule has 1 aliphatic rings. The zero-order valence-corrected chi connectivity index (χ0v) is 15.8. The van der Waals surface area contributed by atoms with Crippen molar-refractivity contribution in [2.75, 3.05) is 33.9 Å². The SMILES string of the molecule is COc1ccc(CC(C)NCCCN2CCCCC2C)cc1OC. The second-order valence-electron chi connectivity index (χ2n) is 6.98. The Bertz CT molecular complexity index is 493. The summed E-state index contributed by atoms with van der Waals surface area (Å²) >= 11 is 0. The van der Waals surface area contributed by atoms with Crippen molar-refractivity contribution in [1.29, 1.82) is 0 Å². The minimum absolute atomic E-state index is 0.460. The lowest BCUT2D eigenvalue weighted by atomic mass is 10.0. The van der Waals surface area contributed by atoms with E-state index in [2.05, 4.69) is 36.2 Å². The van der Waals surface area contributed by atoms with Crippen molar-refractivity contribution in [3.05, 3.63) is 23.8 Å². The molecule has 2 unspecified atom stereocenters. The number of benzene rings is 1. The lowest BCUT2D eigenvalue weighted by Crippen LogP contribution is -2.39. The first-order valence-electron chi connectivity index (χ1n) is 9.32. The normalized spacial score (nSPS) is 19.9. The molecule has 1 N–H and O–H groups in total. The van der Waals surface area contributed by atoms with Gasteiger partial charge in [-0.2, -0.15) is 0 Å². The van der Waals surface area contributed by atoms with Crippen molar-refractivity contribution in [3.8, 4) is 11.5 Å². The van der Waals surface area contributed by atoms with Crippen LogP contribution in [-0.4, -0.2) is 50.8 Å². The van der Waals surface area contributed by atoms with Gasteiger partial charge in [-0.1, -0.05) is 12.5 Å². The molecule has 4 nitrogen and oxygen atoms in total. The van der Waals surface area contributed by atoms with Crippen molar-refractivity contribution in [2.24, 2.45) is 0 Å². The summed E-state index contributed by atoms with van der Waals surface area (Å²) in [5, 5.41) is 3.65. The van der Waals surface area contributed by atoms with Crippen LogP contribution < -0.4 is 14.8 Å². The second kappa shape index (κ2) is 9.90. The lowest BCUT2D eigenvalue weighted by Gasteiger charge is -2.33. The van der Waals surface area contributed by atoms with Crippen LogP contribution in [0.5, 0.6) is 11.5 Å². The maximum absolute atomic E-state index is 5.38. The van der Waals surface area contributed by atoms with Crippen LogP contribution in [0.15, 0.2) is 18.2 Å². The molecule has 0 radical (unpaired) electrons. The van der Waals surface area contributed by atoms with Gasteiger partial charge in [-0.3, -0.25) is 0 Å². The predicted octanol–water partition coefficient (Wildman–Crippen LogP) is 3.49. The van der Waals surface area contributed by atoms with E-state index < -0.39 is 0 Å². The van der Waals surface area contributed by atoms with Crippen LogP contribution in [0.4, 0.5) is 0 Å². The maximum atomic E-state index is 5.38. The Kier molecular flexibility index (Phi) is 7.86. The molecule has 0 bridgehead atoms. The molecule has 1 aromatic carbocycles. The third-order valence-corrected chi connectivity index (χ3v) is 5.05. The fourth-order valence-corrected chi connectivity index (χ4v) is 3.55. The van der Waals surface area contributed by atoms with Gasteiger partial charge in [0.25, 0.3) is 0 Å². The Morgan fingerprint density at radius 3 is 2.71 bits per heavy atom. The molecule has 24 heavy (non-hydrogen) atoms. The van der Waals surface area contributed by atoms with Crippen LogP contribution in [0, 0.1) is 0 Å². The van der Waals surface area contributed by atoms with Crippen molar-refractivity contribution in [1.82, 2.24) is 10.2 Å². The summed E-state index contributed by atoms with van der Waals surface area (Å²) in [6, 6.07) is 7.41. The smallest absolute Gasteiger partial charge is 0.160 e. The van der Waals surface area contributed by atoms with E-state index in [1.54, 1.807) is 14.2 Å². The molecule has 0 aliphatic carbocycles. The van der Waals surface area contributed by atoms with E-state index in [9.17, 15) is 0 Å². The highest BCUT2D eigenvalue weighted by atomic mass is 16.5. The van der Waals surface area contributed by atoms with E-state index in [-0.39, 0.29) is 0 Å². The third-order valence-electron chi connectivity index (χ3n) is 5.05. The molecule has 0 aromatic heterocycles. The average molecular weight is 335 g/mol. The molecule has 2 rings (SSSR count). The van der Waals surface area contributed by atoms with E-state index >= 15 is 0 Å². The van der Waals surface area contributed by atoms with Gasteiger partial charge < -0.3 is 19.7 Å². The standard InChI is InChI=1S/C20H34N2O2/c1-16(14-18-9-10-19(23-3)20(15-18)24-4)21-11-7-13-22-12-6-5-8-17(22)2/h9-10,15-17,21H,5-8,11-14H2,1-4H3. The van der Waals surface area contributed by atoms with Gasteiger partial charge >= 0.3 is 0 Å². The average Bonchev–Trinajstić information content (AvgIpc) is 2.60. The van der Waals surface area contributed by atoms with Gasteiger partial charge in [0, 0.05) is 12.1 Å². The molecule has 0 saturated carbocycles. The van der Waals surface area contributed by atoms with Gasteiger partial charge in [0.05, 0.1) is 14.2 Å².